The molecule has 1 heterocycles. The van der Waals surface area contributed by atoms with Crippen molar-refractivity contribution in [3.05, 3.63) is 29.8 Å². The summed E-state index contributed by atoms with van der Waals surface area (Å²) in [4.78, 5) is 14.7. The lowest BCUT2D eigenvalue weighted by molar-refractivity contribution is 0.0166. The Kier molecular flexibility index (Phi) is 7.14. The molecule has 0 bridgehead atoms. The van der Waals surface area contributed by atoms with Gasteiger partial charge in [-0.3, -0.25) is 4.90 Å². The number of hydrogen-bond donors (Lipinski definition) is 2. The van der Waals surface area contributed by atoms with Crippen LogP contribution >= 0.6 is 0 Å². The van der Waals surface area contributed by atoms with Crippen molar-refractivity contribution in [3.63, 3.8) is 0 Å². The number of urea groups is 1. The third-order valence-electron chi connectivity index (χ3n) is 5.36. The molecule has 2 amide bonds. The van der Waals surface area contributed by atoms with Gasteiger partial charge in [0, 0.05) is 25.7 Å². The molecule has 1 aromatic carbocycles. The Hall–Kier alpha value is -1.79. The first kappa shape index (κ1) is 19.0. The molecule has 26 heavy (non-hydrogen) atoms. The van der Waals surface area contributed by atoms with Gasteiger partial charge in [-0.15, -0.1) is 0 Å². The van der Waals surface area contributed by atoms with Crippen molar-refractivity contribution in [1.82, 2.24) is 15.5 Å². The van der Waals surface area contributed by atoms with Crippen LogP contribution in [0.5, 0.6) is 5.75 Å². The average Bonchev–Trinajstić information content (AvgIpc) is 2.70. The van der Waals surface area contributed by atoms with E-state index in [4.69, 9.17) is 9.47 Å². The van der Waals surface area contributed by atoms with Crippen molar-refractivity contribution in [2.75, 3.05) is 40.0 Å². The maximum absolute atomic E-state index is 12.4. The lowest BCUT2D eigenvalue weighted by Crippen LogP contribution is -2.47. The van der Waals surface area contributed by atoms with E-state index in [9.17, 15) is 4.79 Å². The molecule has 1 aromatic rings. The summed E-state index contributed by atoms with van der Waals surface area (Å²) >= 11 is 0. The number of amides is 2. The highest BCUT2D eigenvalue weighted by Crippen LogP contribution is 2.25. The summed E-state index contributed by atoms with van der Waals surface area (Å²) in [5.74, 6) is 0.840. The van der Waals surface area contributed by atoms with Crippen LogP contribution in [-0.2, 0) is 4.74 Å². The van der Waals surface area contributed by atoms with E-state index in [1.807, 2.05) is 12.1 Å². The number of methoxy groups -OCH3 is 1. The van der Waals surface area contributed by atoms with Gasteiger partial charge in [0.1, 0.15) is 5.75 Å². The molecule has 0 aromatic heterocycles. The van der Waals surface area contributed by atoms with Crippen molar-refractivity contribution in [2.45, 2.75) is 44.2 Å². The number of nitrogens with zero attached hydrogens (tertiary/aromatic N) is 1. The molecule has 2 N–H and O–H groups in total. The van der Waals surface area contributed by atoms with E-state index in [1.165, 1.54) is 19.3 Å². The number of carbonyl (C=O) groups is 1. The first-order chi connectivity index (χ1) is 12.8. The fraction of sp³-hybridized carbons (Fsp3) is 0.650. The van der Waals surface area contributed by atoms with Gasteiger partial charge in [-0.2, -0.15) is 0 Å². The lowest BCUT2D eigenvalue weighted by atomic mass is 9.96. The fourth-order valence-electron chi connectivity index (χ4n) is 3.87. The van der Waals surface area contributed by atoms with Gasteiger partial charge in [-0.05, 0) is 30.5 Å². The van der Waals surface area contributed by atoms with E-state index >= 15 is 0 Å². The summed E-state index contributed by atoms with van der Waals surface area (Å²) in [5, 5.41) is 6.22. The number of ether oxygens (including phenoxy) is 2. The molecule has 1 saturated carbocycles. The topological polar surface area (TPSA) is 62.8 Å². The SMILES string of the molecule is COc1cccc([C@H](CNC(=O)NC2CCCCC2)N2CCOCC2)c1. The van der Waals surface area contributed by atoms with Gasteiger partial charge >= 0.3 is 6.03 Å². The largest absolute Gasteiger partial charge is 0.497 e. The van der Waals surface area contributed by atoms with Gasteiger partial charge < -0.3 is 20.1 Å². The molecule has 1 atom stereocenters. The van der Waals surface area contributed by atoms with E-state index in [2.05, 4.69) is 27.7 Å². The van der Waals surface area contributed by atoms with Gasteiger partial charge in [0.15, 0.2) is 0 Å². The molecule has 1 aliphatic heterocycles. The second kappa shape index (κ2) is 9.78. The molecule has 6 nitrogen and oxygen atoms in total. The lowest BCUT2D eigenvalue weighted by Gasteiger charge is -2.35. The summed E-state index contributed by atoms with van der Waals surface area (Å²) in [6.07, 6.45) is 5.90. The summed E-state index contributed by atoms with van der Waals surface area (Å²) in [5.41, 5.74) is 1.16. The van der Waals surface area contributed by atoms with Gasteiger partial charge in [0.25, 0.3) is 0 Å². The number of morpholine rings is 1. The average molecular weight is 361 g/mol. The Morgan fingerprint density at radius 3 is 2.77 bits per heavy atom. The van der Waals surface area contributed by atoms with Crippen LogP contribution < -0.4 is 15.4 Å². The fourth-order valence-corrected chi connectivity index (χ4v) is 3.87. The van der Waals surface area contributed by atoms with Crippen molar-refractivity contribution in [1.29, 1.82) is 0 Å². The van der Waals surface area contributed by atoms with Crippen molar-refractivity contribution in [3.8, 4) is 5.75 Å². The predicted molar refractivity (Wildman–Crippen MR) is 102 cm³/mol. The molecule has 0 spiro atoms. The molecule has 1 aliphatic carbocycles. The van der Waals surface area contributed by atoms with Gasteiger partial charge in [-0.25, -0.2) is 4.79 Å². The molecule has 0 unspecified atom stereocenters. The minimum atomic E-state index is -0.0574. The molecule has 6 heteroatoms. The highest BCUT2D eigenvalue weighted by molar-refractivity contribution is 5.74. The van der Waals surface area contributed by atoms with Crippen molar-refractivity contribution < 1.29 is 14.3 Å². The minimum Gasteiger partial charge on any atom is -0.497 e. The van der Waals surface area contributed by atoms with Crippen LogP contribution in [0.25, 0.3) is 0 Å². The summed E-state index contributed by atoms with van der Waals surface area (Å²) < 4.78 is 10.9. The number of benzene rings is 1. The second-order valence-electron chi connectivity index (χ2n) is 7.13. The van der Waals surface area contributed by atoms with Crippen LogP contribution in [0.4, 0.5) is 4.79 Å². The Labute approximate surface area is 156 Å². The third kappa shape index (κ3) is 5.35. The normalized spacial score (nSPS) is 20.3. The predicted octanol–water partition coefficient (Wildman–Crippen LogP) is 2.70. The summed E-state index contributed by atoms with van der Waals surface area (Å²) in [7, 11) is 1.68. The molecule has 3 rings (SSSR count). The van der Waals surface area contributed by atoms with Crippen LogP contribution in [0.2, 0.25) is 0 Å². The number of hydrogen-bond acceptors (Lipinski definition) is 4. The maximum Gasteiger partial charge on any atom is 0.315 e. The first-order valence-corrected chi connectivity index (χ1v) is 9.76. The first-order valence-electron chi connectivity index (χ1n) is 9.76. The zero-order chi connectivity index (χ0) is 18.2. The monoisotopic (exact) mass is 361 g/mol. The van der Waals surface area contributed by atoms with Crippen LogP contribution in [-0.4, -0.2) is 56.9 Å². The van der Waals surface area contributed by atoms with Crippen LogP contribution in [0, 0.1) is 0 Å². The quantitative estimate of drug-likeness (QED) is 0.818. The zero-order valence-electron chi connectivity index (χ0n) is 15.7. The van der Waals surface area contributed by atoms with Crippen molar-refractivity contribution >= 4 is 6.03 Å². The van der Waals surface area contributed by atoms with Crippen LogP contribution in [0.1, 0.15) is 43.7 Å². The Morgan fingerprint density at radius 1 is 1.27 bits per heavy atom. The minimum absolute atomic E-state index is 0.0574. The summed E-state index contributed by atoms with van der Waals surface area (Å²) in [6.45, 7) is 3.77. The molecule has 144 valence electrons. The van der Waals surface area contributed by atoms with Crippen LogP contribution in [0.3, 0.4) is 0 Å². The highest BCUT2D eigenvalue weighted by Gasteiger charge is 2.24. The van der Waals surface area contributed by atoms with E-state index in [1.54, 1.807) is 7.11 Å². The van der Waals surface area contributed by atoms with Gasteiger partial charge in [0.05, 0.1) is 26.4 Å². The zero-order valence-corrected chi connectivity index (χ0v) is 15.7. The van der Waals surface area contributed by atoms with Crippen LogP contribution in [0.15, 0.2) is 24.3 Å². The van der Waals surface area contributed by atoms with Gasteiger partial charge in [-0.1, -0.05) is 31.4 Å². The van der Waals surface area contributed by atoms with E-state index in [-0.39, 0.29) is 12.1 Å². The number of carbonyl (C=O) groups excluding carboxylic acids is 1. The number of rotatable bonds is 6. The van der Waals surface area contributed by atoms with Gasteiger partial charge in [0.2, 0.25) is 0 Å². The molecule has 1 saturated heterocycles. The summed E-state index contributed by atoms with van der Waals surface area (Å²) in [6, 6.07) is 8.49. The van der Waals surface area contributed by atoms with E-state index < -0.39 is 0 Å². The molecule has 2 fully saturated rings. The molecular formula is C20H31N3O3. The third-order valence-corrected chi connectivity index (χ3v) is 5.36. The Morgan fingerprint density at radius 2 is 2.04 bits per heavy atom. The Balaban J connectivity index is 1.62. The van der Waals surface area contributed by atoms with E-state index in [0.717, 1.165) is 50.5 Å². The number of nitrogens with one attached hydrogen (secondary N) is 2. The molecule has 2 aliphatic rings. The van der Waals surface area contributed by atoms with Crippen molar-refractivity contribution in [2.24, 2.45) is 0 Å². The second-order valence-corrected chi connectivity index (χ2v) is 7.13. The smallest absolute Gasteiger partial charge is 0.315 e. The highest BCUT2D eigenvalue weighted by atomic mass is 16.5. The molecular weight excluding hydrogens is 330 g/mol. The Bertz CT molecular complexity index is 569. The standard InChI is InChI=1S/C20H31N3O3/c1-25-18-9-5-6-16(14-18)19(23-10-12-26-13-11-23)15-21-20(24)22-17-7-3-2-4-8-17/h5-6,9,14,17,19H,2-4,7-8,10-13,15H2,1H3,(H2,21,22,24)/t19-/m0/s1. The van der Waals surface area contributed by atoms with E-state index in [0.29, 0.717) is 12.6 Å². The molecule has 0 radical (unpaired) electrons. The maximum atomic E-state index is 12.4.